The first-order chi connectivity index (χ1) is 13.1. The van der Waals surface area contributed by atoms with E-state index >= 15 is 0 Å². The van der Waals surface area contributed by atoms with Crippen LogP contribution in [0.1, 0.15) is 36.6 Å². The predicted octanol–water partition coefficient (Wildman–Crippen LogP) is 4.80. The van der Waals surface area contributed by atoms with Crippen molar-refractivity contribution in [3.05, 3.63) is 70.7 Å². The molecule has 0 atom stereocenters. The van der Waals surface area contributed by atoms with Crippen LogP contribution in [-0.2, 0) is 17.8 Å². The Hall–Kier alpha value is -2.66. The number of hydrogen-bond donors (Lipinski definition) is 1. The van der Waals surface area contributed by atoms with E-state index < -0.39 is 0 Å². The highest BCUT2D eigenvalue weighted by molar-refractivity contribution is 7.13. The number of methoxy groups -OCH3 is 1. The summed E-state index contributed by atoms with van der Waals surface area (Å²) in [6.07, 6.45) is 0.274. The molecule has 0 fully saturated rings. The quantitative estimate of drug-likeness (QED) is 0.640. The maximum Gasteiger partial charge on any atom is 0.226 e. The molecule has 0 unspecified atom stereocenters. The van der Waals surface area contributed by atoms with E-state index in [9.17, 15) is 4.79 Å². The first-order valence-electron chi connectivity index (χ1n) is 9.00. The molecule has 2 aromatic carbocycles. The Balaban J connectivity index is 1.59. The molecule has 0 saturated heterocycles. The lowest BCUT2D eigenvalue weighted by atomic mass is 10.0. The van der Waals surface area contributed by atoms with E-state index in [1.807, 2.05) is 29.6 Å². The van der Waals surface area contributed by atoms with Gasteiger partial charge < -0.3 is 10.1 Å². The van der Waals surface area contributed by atoms with Crippen LogP contribution in [0.3, 0.4) is 0 Å². The normalized spacial score (nSPS) is 10.8. The van der Waals surface area contributed by atoms with Gasteiger partial charge in [0.25, 0.3) is 0 Å². The number of nitrogens with one attached hydrogen (secondary N) is 1. The number of amides is 1. The molecule has 1 amide bonds. The molecular formula is C22H24N2O2S. The zero-order chi connectivity index (χ0) is 19.2. The summed E-state index contributed by atoms with van der Waals surface area (Å²) in [5.41, 5.74) is 4.15. The lowest BCUT2D eigenvalue weighted by Gasteiger charge is -2.09. The Labute approximate surface area is 164 Å². The van der Waals surface area contributed by atoms with Gasteiger partial charge in [-0.25, -0.2) is 4.98 Å². The minimum absolute atomic E-state index is 0.0482. The molecule has 1 N–H and O–H groups in total. The van der Waals surface area contributed by atoms with E-state index in [2.05, 4.69) is 48.4 Å². The van der Waals surface area contributed by atoms with Gasteiger partial charge in [-0.3, -0.25) is 4.79 Å². The number of para-hydroxylation sites is 1. The second-order valence-corrected chi connectivity index (χ2v) is 7.54. The summed E-state index contributed by atoms with van der Waals surface area (Å²) < 4.78 is 5.31. The Bertz CT molecular complexity index is 901. The van der Waals surface area contributed by atoms with Crippen LogP contribution >= 0.6 is 11.3 Å². The zero-order valence-electron chi connectivity index (χ0n) is 15.9. The van der Waals surface area contributed by atoms with Gasteiger partial charge in [0.2, 0.25) is 5.91 Å². The van der Waals surface area contributed by atoms with Crippen molar-refractivity contribution in [1.82, 2.24) is 10.3 Å². The van der Waals surface area contributed by atoms with Gasteiger partial charge in [-0.15, -0.1) is 11.3 Å². The Morgan fingerprint density at radius 3 is 2.59 bits per heavy atom. The van der Waals surface area contributed by atoms with Gasteiger partial charge >= 0.3 is 0 Å². The third kappa shape index (κ3) is 4.95. The number of thiazole rings is 1. The maximum atomic E-state index is 12.3. The van der Waals surface area contributed by atoms with Crippen molar-refractivity contribution in [2.75, 3.05) is 7.11 Å². The second-order valence-electron chi connectivity index (χ2n) is 6.69. The summed E-state index contributed by atoms with van der Waals surface area (Å²) >= 11 is 1.57. The summed E-state index contributed by atoms with van der Waals surface area (Å²) in [5, 5.41) is 5.83. The predicted molar refractivity (Wildman–Crippen MR) is 110 cm³/mol. The first-order valence-corrected chi connectivity index (χ1v) is 9.88. The first kappa shape index (κ1) is 19.1. The van der Waals surface area contributed by atoms with Crippen molar-refractivity contribution in [3.8, 4) is 16.3 Å². The summed E-state index contributed by atoms with van der Waals surface area (Å²) in [6.45, 7) is 4.80. The van der Waals surface area contributed by atoms with Crippen LogP contribution in [0.4, 0.5) is 0 Å². The molecule has 3 rings (SSSR count). The Morgan fingerprint density at radius 1 is 1.15 bits per heavy atom. The molecule has 0 aliphatic heterocycles. The largest absolute Gasteiger partial charge is 0.496 e. The Morgan fingerprint density at radius 2 is 1.89 bits per heavy atom. The summed E-state index contributed by atoms with van der Waals surface area (Å²) in [6, 6.07) is 16.1. The SMILES string of the molecule is COc1ccccc1CNC(=O)Cc1csc(-c2ccc(C(C)C)cc2)n1. The highest BCUT2D eigenvalue weighted by atomic mass is 32.1. The molecule has 4 nitrogen and oxygen atoms in total. The molecule has 0 aliphatic carbocycles. The Kier molecular flexibility index (Phi) is 6.24. The average Bonchev–Trinajstić information content (AvgIpc) is 3.15. The van der Waals surface area contributed by atoms with Gasteiger partial charge in [-0.2, -0.15) is 0 Å². The number of ether oxygens (including phenoxy) is 1. The van der Waals surface area contributed by atoms with E-state index in [-0.39, 0.29) is 12.3 Å². The molecule has 1 heterocycles. The molecule has 0 bridgehead atoms. The summed E-state index contributed by atoms with van der Waals surface area (Å²) in [4.78, 5) is 16.9. The molecule has 0 saturated carbocycles. The van der Waals surface area contributed by atoms with Crippen molar-refractivity contribution in [1.29, 1.82) is 0 Å². The lowest BCUT2D eigenvalue weighted by Crippen LogP contribution is -2.24. The van der Waals surface area contributed by atoms with Crippen molar-refractivity contribution in [2.45, 2.75) is 32.7 Å². The minimum atomic E-state index is -0.0482. The van der Waals surface area contributed by atoms with Gasteiger partial charge in [-0.1, -0.05) is 56.3 Å². The van der Waals surface area contributed by atoms with Gasteiger partial charge in [0, 0.05) is 23.1 Å². The van der Waals surface area contributed by atoms with Crippen LogP contribution < -0.4 is 10.1 Å². The fourth-order valence-electron chi connectivity index (χ4n) is 2.80. The zero-order valence-corrected chi connectivity index (χ0v) is 16.7. The number of benzene rings is 2. The fraction of sp³-hybridized carbons (Fsp3) is 0.273. The molecule has 3 aromatic rings. The van der Waals surface area contributed by atoms with E-state index in [1.54, 1.807) is 18.4 Å². The topological polar surface area (TPSA) is 51.2 Å². The van der Waals surface area contributed by atoms with Gasteiger partial charge in [0.15, 0.2) is 0 Å². The maximum absolute atomic E-state index is 12.3. The highest BCUT2D eigenvalue weighted by Crippen LogP contribution is 2.26. The summed E-state index contributed by atoms with van der Waals surface area (Å²) in [7, 11) is 1.63. The highest BCUT2D eigenvalue weighted by Gasteiger charge is 2.10. The van der Waals surface area contributed by atoms with Crippen molar-refractivity contribution in [2.24, 2.45) is 0 Å². The van der Waals surface area contributed by atoms with E-state index in [0.29, 0.717) is 12.5 Å². The molecule has 0 radical (unpaired) electrons. The molecule has 140 valence electrons. The third-order valence-corrected chi connectivity index (χ3v) is 5.33. The van der Waals surface area contributed by atoms with Crippen LogP contribution in [0.2, 0.25) is 0 Å². The number of hydrogen-bond acceptors (Lipinski definition) is 4. The van der Waals surface area contributed by atoms with Crippen molar-refractivity contribution >= 4 is 17.2 Å². The van der Waals surface area contributed by atoms with Crippen LogP contribution in [0, 0.1) is 0 Å². The number of nitrogens with zero attached hydrogens (tertiary/aromatic N) is 1. The average molecular weight is 381 g/mol. The molecule has 1 aromatic heterocycles. The summed E-state index contributed by atoms with van der Waals surface area (Å²) in [5.74, 6) is 1.24. The lowest BCUT2D eigenvalue weighted by molar-refractivity contribution is -0.120. The van der Waals surface area contributed by atoms with Crippen LogP contribution in [0.25, 0.3) is 10.6 Å². The molecule has 0 aliphatic rings. The number of rotatable bonds is 7. The number of carbonyl (C=O) groups is 1. The van der Waals surface area contributed by atoms with E-state index in [0.717, 1.165) is 27.6 Å². The fourth-order valence-corrected chi connectivity index (χ4v) is 3.63. The molecule has 27 heavy (non-hydrogen) atoms. The second kappa shape index (κ2) is 8.82. The van der Waals surface area contributed by atoms with Gasteiger partial charge in [0.05, 0.1) is 19.2 Å². The molecule has 0 spiro atoms. The number of aromatic nitrogens is 1. The van der Waals surface area contributed by atoms with Crippen LogP contribution in [0.15, 0.2) is 53.9 Å². The standard InChI is InChI=1S/C22H24N2O2S/c1-15(2)16-8-10-17(11-9-16)22-24-19(14-27-22)12-21(25)23-13-18-6-4-5-7-20(18)26-3/h4-11,14-15H,12-13H2,1-3H3,(H,23,25). The van der Waals surface area contributed by atoms with Gasteiger partial charge in [-0.05, 0) is 17.5 Å². The van der Waals surface area contributed by atoms with E-state index in [1.165, 1.54) is 5.56 Å². The van der Waals surface area contributed by atoms with Crippen LogP contribution in [-0.4, -0.2) is 18.0 Å². The van der Waals surface area contributed by atoms with Crippen LogP contribution in [0.5, 0.6) is 5.75 Å². The van der Waals surface area contributed by atoms with E-state index in [4.69, 9.17) is 4.74 Å². The van der Waals surface area contributed by atoms with Gasteiger partial charge in [0.1, 0.15) is 10.8 Å². The molecular weight excluding hydrogens is 356 g/mol. The molecule has 5 heteroatoms. The monoisotopic (exact) mass is 380 g/mol. The smallest absolute Gasteiger partial charge is 0.226 e. The third-order valence-electron chi connectivity index (χ3n) is 4.39. The number of carbonyl (C=O) groups excluding carboxylic acids is 1. The van der Waals surface area contributed by atoms with Crippen molar-refractivity contribution in [3.63, 3.8) is 0 Å². The minimum Gasteiger partial charge on any atom is -0.496 e. The van der Waals surface area contributed by atoms with Crippen molar-refractivity contribution < 1.29 is 9.53 Å².